The van der Waals surface area contributed by atoms with E-state index in [9.17, 15) is 0 Å². The van der Waals surface area contributed by atoms with Gasteiger partial charge in [0.2, 0.25) is 0 Å². The summed E-state index contributed by atoms with van der Waals surface area (Å²) in [6.07, 6.45) is 0. The molecule has 0 aliphatic carbocycles. The predicted octanol–water partition coefficient (Wildman–Crippen LogP) is 12.5. The zero-order chi connectivity index (χ0) is 33.0. The second-order valence-corrected chi connectivity index (χ2v) is 12.9. The molecule has 0 atom stereocenters. The van der Waals surface area contributed by atoms with Crippen molar-refractivity contribution in [2.24, 2.45) is 0 Å². The number of para-hydroxylation sites is 2. The lowest BCUT2D eigenvalue weighted by molar-refractivity contribution is 1.18. The van der Waals surface area contributed by atoms with Gasteiger partial charge in [0, 0.05) is 32.9 Å². The van der Waals surface area contributed by atoms with Crippen LogP contribution < -0.4 is 0 Å². The molecule has 2 aromatic heterocycles. The molecule has 0 amide bonds. The molecule has 232 valence electrons. The summed E-state index contributed by atoms with van der Waals surface area (Å²) in [5.74, 6) is 0. The van der Waals surface area contributed by atoms with E-state index in [2.05, 4.69) is 191 Å². The average molecular weight is 635 g/mol. The molecule has 0 fully saturated rings. The minimum Gasteiger partial charge on any atom is -0.309 e. The number of fused-ring (bicyclic) bond motifs is 6. The van der Waals surface area contributed by atoms with Gasteiger partial charge in [-0.15, -0.1) is 0 Å². The molecule has 0 aliphatic heterocycles. The molecule has 10 aromatic rings. The largest absolute Gasteiger partial charge is 0.309 e. The van der Waals surface area contributed by atoms with Crippen LogP contribution in [-0.2, 0) is 0 Å². The van der Waals surface area contributed by atoms with E-state index < -0.39 is 0 Å². The van der Waals surface area contributed by atoms with Crippen molar-refractivity contribution >= 4 is 43.6 Å². The third-order valence-corrected chi connectivity index (χ3v) is 9.98. The minimum atomic E-state index is 1.13. The lowest BCUT2D eigenvalue weighted by Crippen LogP contribution is -1.94. The summed E-state index contributed by atoms with van der Waals surface area (Å²) >= 11 is 0. The van der Waals surface area contributed by atoms with Gasteiger partial charge in [-0.1, -0.05) is 115 Å². The van der Waals surface area contributed by atoms with E-state index >= 15 is 0 Å². The normalized spacial score (nSPS) is 11.4. The van der Waals surface area contributed by atoms with Gasteiger partial charge in [-0.3, -0.25) is 0 Å². The third-order valence-electron chi connectivity index (χ3n) is 9.98. The Labute approximate surface area is 290 Å². The summed E-state index contributed by atoms with van der Waals surface area (Å²) < 4.78 is 4.79. The Morgan fingerprint density at radius 3 is 1.34 bits per heavy atom. The number of aromatic nitrogens is 2. The Kier molecular flexibility index (Phi) is 6.44. The third kappa shape index (κ3) is 4.53. The van der Waals surface area contributed by atoms with Crippen LogP contribution in [0, 0.1) is 12.1 Å². The van der Waals surface area contributed by atoms with E-state index in [1.165, 1.54) is 65.9 Å². The number of benzene rings is 7. The highest BCUT2D eigenvalue weighted by Crippen LogP contribution is 2.39. The average Bonchev–Trinajstić information content (AvgIpc) is 3.71. The number of hydrogen-bond acceptors (Lipinski definition) is 0. The fourth-order valence-electron chi connectivity index (χ4n) is 7.67. The smallest absolute Gasteiger partial charge is 0.0541 e. The molecule has 50 heavy (non-hydrogen) atoms. The van der Waals surface area contributed by atoms with Gasteiger partial charge in [-0.25, -0.2) is 0 Å². The van der Waals surface area contributed by atoms with Crippen LogP contribution in [0.4, 0.5) is 0 Å². The minimum absolute atomic E-state index is 1.13. The molecule has 0 spiro atoms. The van der Waals surface area contributed by atoms with Gasteiger partial charge in [0.15, 0.2) is 0 Å². The molecule has 2 nitrogen and oxygen atoms in total. The Morgan fingerprint density at radius 1 is 0.300 bits per heavy atom. The quantitative estimate of drug-likeness (QED) is 0.178. The van der Waals surface area contributed by atoms with Crippen LogP contribution in [0.15, 0.2) is 182 Å². The molecule has 0 bridgehead atoms. The van der Waals surface area contributed by atoms with Gasteiger partial charge in [0.05, 0.1) is 22.1 Å². The summed E-state index contributed by atoms with van der Waals surface area (Å²) in [6, 6.07) is 71.7. The predicted molar refractivity (Wildman–Crippen MR) is 209 cm³/mol. The van der Waals surface area contributed by atoms with E-state index in [-0.39, 0.29) is 0 Å². The van der Waals surface area contributed by atoms with Crippen LogP contribution in [0.25, 0.3) is 88.4 Å². The van der Waals surface area contributed by atoms with Gasteiger partial charge in [0.25, 0.3) is 0 Å². The first kappa shape index (κ1) is 28.2. The Balaban J connectivity index is 1.12. The highest BCUT2D eigenvalue weighted by molar-refractivity contribution is 6.12. The summed E-state index contributed by atoms with van der Waals surface area (Å²) in [6.45, 7) is 0. The fourth-order valence-corrected chi connectivity index (χ4v) is 7.67. The molecule has 0 saturated heterocycles. The molecule has 2 heterocycles. The highest BCUT2D eigenvalue weighted by Gasteiger charge is 2.16. The molecule has 0 saturated carbocycles. The van der Waals surface area contributed by atoms with E-state index in [0.29, 0.717) is 0 Å². The van der Waals surface area contributed by atoms with Crippen molar-refractivity contribution in [1.82, 2.24) is 9.13 Å². The van der Waals surface area contributed by atoms with Crippen molar-refractivity contribution in [3.8, 4) is 44.8 Å². The highest BCUT2D eigenvalue weighted by atomic mass is 15.0. The molecule has 0 unspecified atom stereocenters. The zero-order valence-corrected chi connectivity index (χ0v) is 27.2. The van der Waals surface area contributed by atoms with Crippen LogP contribution in [0.1, 0.15) is 0 Å². The summed E-state index contributed by atoms with van der Waals surface area (Å²) in [5.41, 5.74) is 14.2. The van der Waals surface area contributed by atoms with Crippen molar-refractivity contribution in [2.45, 2.75) is 0 Å². The van der Waals surface area contributed by atoms with E-state index in [0.717, 1.165) is 22.5 Å². The SMILES string of the molecule is c1ccc(-c2cccc(-n3c4ccccc4c4cc(-c5ccc6c(c5)c5ccccc5n6-c5cccc(-c6ccccc6)c5)ccc43)c2)cc#1. The van der Waals surface area contributed by atoms with E-state index in [4.69, 9.17) is 0 Å². The Hall–Kier alpha value is -6.82. The fraction of sp³-hybridized carbons (Fsp3) is 0. The van der Waals surface area contributed by atoms with Crippen LogP contribution in [0.5, 0.6) is 0 Å². The van der Waals surface area contributed by atoms with Crippen LogP contribution >= 0.6 is 0 Å². The Morgan fingerprint density at radius 2 is 0.780 bits per heavy atom. The van der Waals surface area contributed by atoms with Crippen LogP contribution in [0.3, 0.4) is 0 Å². The maximum absolute atomic E-state index is 3.10. The van der Waals surface area contributed by atoms with E-state index in [1.54, 1.807) is 0 Å². The molecular formula is C48H30N2. The summed E-state index contributed by atoms with van der Waals surface area (Å²) in [7, 11) is 0. The van der Waals surface area contributed by atoms with Crippen molar-refractivity contribution in [3.63, 3.8) is 0 Å². The molecule has 0 N–H and O–H groups in total. The summed E-state index contributed by atoms with van der Waals surface area (Å²) in [5, 5.41) is 4.99. The molecule has 0 radical (unpaired) electrons. The van der Waals surface area contributed by atoms with Crippen molar-refractivity contribution < 1.29 is 0 Å². The zero-order valence-electron chi connectivity index (χ0n) is 27.2. The molecular weight excluding hydrogens is 605 g/mol. The monoisotopic (exact) mass is 634 g/mol. The molecule has 2 heteroatoms. The molecule has 0 aliphatic rings. The van der Waals surface area contributed by atoms with Gasteiger partial charge in [0.1, 0.15) is 0 Å². The first-order valence-electron chi connectivity index (χ1n) is 17.0. The van der Waals surface area contributed by atoms with Gasteiger partial charge >= 0.3 is 0 Å². The van der Waals surface area contributed by atoms with Gasteiger partial charge in [-0.2, -0.15) is 0 Å². The first-order valence-corrected chi connectivity index (χ1v) is 17.0. The second kappa shape index (κ2) is 11.4. The number of hydrogen-bond donors (Lipinski definition) is 0. The lowest BCUT2D eigenvalue weighted by Gasteiger charge is -2.11. The summed E-state index contributed by atoms with van der Waals surface area (Å²) in [4.78, 5) is 0. The number of nitrogens with zero attached hydrogens (tertiary/aromatic N) is 2. The molecule has 8 aromatic carbocycles. The van der Waals surface area contributed by atoms with Crippen molar-refractivity contribution in [1.29, 1.82) is 0 Å². The maximum Gasteiger partial charge on any atom is 0.0541 e. The van der Waals surface area contributed by atoms with Crippen molar-refractivity contribution in [2.75, 3.05) is 0 Å². The number of rotatable bonds is 5. The topological polar surface area (TPSA) is 9.86 Å². The van der Waals surface area contributed by atoms with Gasteiger partial charge in [-0.05, 0) is 112 Å². The van der Waals surface area contributed by atoms with Crippen LogP contribution in [-0.4, -0.2) is 9.13 Å². The first-order chi connectivity index (χ1) is 24.8. The van der Waals surface area contributed by atoms with E-state index in [1.807, 2.05) is 12.1 Å². The maximum atomic E-state index is 3.10. The van der Waals surface area contributed by atoms with Gasteiger partial charge < -0.3 is 9.13 Å². The van der Waals surface area contributed by atoms with Crippen molar-refractivity contribution in [3.05, 3.63) is 194 Å². The standard InChI is InChI=1S/C48H30N2/c1-3-13-33(14-4-1)35-17-11-19-39(29-35)49-45-23-9-7-21-41(45)43-31-37(25-27-47(43)49)38-26-28-48-44(32-38)42-22-8-10-24-46(42)50(48)40-20-12-18-36(30-40)34-15-5-2-6-16-34/h1,3-5,7-32H. The lowest BCUT2D eigenvalue weighted by atomic mass is 10.0. The van der Waals surface area contributed by atoms with Crippen LogP contribution in [0.2, 0.25) is 0 Å². The Bertz CT molecular complexity index is 2660. The molecule has 10 rings (SSSR count). The second-order valence-electron chi connectivity index (χ2n) is 12.9.